The lowest BCUT2D eigenvalue weighted by Crippen LogP contribution is -2.28. The van der Waals surface area contributed by atoms with E-state index < -0.39 is 0 Å². The SMILES string of the molecule is CCN(CC(C)C)c1nc(Cl)c(Cl)cc1Cl. The molecule has 0 radical (unpaired) electrons. The second kappa shape index (κ2) is 5.95. The average molecular weight is 282 g/mol. The molecular formula is C11H15Cl3N2. The first-order valence-corrected chi connectivity index (χ1v) is 6.35. The largest absolute Gasteiger partial charge is 0.355 e. The van der Waals surface area contributed by atoms with Gasteiger partial charge in [-0.1, -0.05) is 48.7 Å². The minimum Gasteiger partial charge on any atom is -0.355 e. The molecule has 2 nitrogen and oxygen atoms in total. The molecule has 0 atom stereocenters. The minimum atomic E-state index is 0.295. The maximum atomic E-state index is 6.11. The van der Waals surface area contributed by atoms with Crippen LogP contribution in [0.25, 0.3) is 0 Å². The zero-order chi connectivity index (χ0) is 12.3. The molecule has 0 amide bonds. The van der Waals surface area contributed by atoms with Crippen LogP contribution in [0.2, 0.25) is 15.2 Å². The van der Waals surface area contributed by atoms with Crippen molar-refractivity contribution in [3.63, 3.8) is 0 Å². The third-order valence-electron chi connectivity index (χ3n) is 2.13. The van der Waals surface area contributed by atoms with E-state index in [2.05, 4.69) is 30.7 Å². The molecule has 1 aromatic heterocycles. The van der Waals surface area contributed by atoms with Crippen LogP contribution in [0, 0.1) is 5.92 Å². The van der Waals surface area contributed by atoms with Crippen LogP contribution in [0.15, 0.2) is 6.07 Å². The van der Waals surface area contributed by atoms with Gasteiger partial charge in [0, 0.05) is 13.1 Å². The van der Waals surface area contributed by atoms with Gasteiger partial charge in [-0.05, 0) is 18.9 Å². The van der Waals surface area contributed by atoms with E-state index in [1.807, 2.05) is 0 Å². The van der Waals surface area contributed by atoms with Gasteiger partial charge in [0.1, 0.15) is 11.0 Å². The fraction of sp³-hybridized carbons (Fsp3) is 0.545. The number of pyridine rings is 1. The monoisotopic (exact) mass is 280 g/mol. The Hall–Kier alpha value is -0.180. The summed E-state index contributed by atoms with van der Waals surface area (Å²) in [4.78, 5) is 6.32. The smallest absolute Gasteiger partial charge is 0.150 e. The normalized spacial score (nSPS) is 10.9. The minimum absolute atomic E-state index is 0.295. The first-order chi connectivity index (χ1) is 7.45. The van der Waals surface area contributed by atoms with Crippen LogP contribution in [-0.4, -0.2) is 18.1 Å². The highest BCUT2D eigenvalue weighted by atomic mass is 35.5. The van der Waals surface area contributed by atoms with Gasteiger partial charge in [-0.3, -0.25) is 0 Å². The third kappa shape index (κ3) is 3.41. The molecule has 0 aliphatic heterocycles. The van der Waals surface area contributed by atoms with E-state index in [4.69, 9.17) is 34.8 Å². The molecule has 0 aromatic carbocycles. The Kier molecular flexibility index (Phi) is 5.16. The fourth-order valence-corrected chi connectivity index (χ4v) is 2.08. The van der Waals surface area contributed by atoms with E-state index in [0.717, 1.165) is 13.1 Å². The second-order valence-electron chi connectivity index (χ2n) is 4.00. The number of nitrogens with zero attached hydrogens (tertiary/aromatic N) is 2. The molecule has 0 spiro atoms. The average Bonchev–Trinajstić information content (AvgIpc) is 2.20. The molecule has 0 N–H and O–H groups in total. The zero-order valence-corrected chi connectivity index (χ0v) is 11.9. The number of aromatic nitrogens is 1. The van der Waals surface area contributed by atoms with Gasteiger partial charge in [0.2, 0.25) is 0 Å². The molecule has 1 rings (SSSR count). The van der Waals surface area contributed by atoms with Crippen molar-refractivity contribution in [1.82, 2.24) is 4.98 Å². The lowest BCUT2D eigenvalue weighted by Gasteiger charge is -2.25. The zero-order valence-electron chi connectivity index (χ0n) is 9.60. The van der Waals surface area contributed by atoms with Crippen LogP contribution in [0.4, 0.5) is 5.82 Å². The molecule has 1 heterocycles. The summed E-state index contributed by atoms with van der Waals surface area (Å²) in [7, 11) is 0. The summed E-state index contributed by atoms with van der Waals surface area (Å²) in [5, 5.41) is 1.22. The van der Waals surface area contributed by atoms with Crippen molar-refractivity contribution in [2.24, 2.45) is 5.92 Å². The van der Waals surface area contributed by atoms with Gasteiger partial charge in [0.15, 0.2) is 0 Å². The molecule has 0 unspecified atom stereocenters. The standard InChI is InChI=1S/C11H15Cl3N2/c1-4-16(6-7(2)3)11-9(13)5-8(12)10(14)15-11/h5,7H,4,6H2,1-3H3. The topological polar surface area (TPSA) is 16.1 Å². The van der Waals surface area contributed by atoms with Crippen molar-refractivity contribution < 1.29 is 0 Å². The molecule has 16 heavy (non-hydrogen) atoms. The van der Waals surface area contributed by atoms with Crippen LogP contribution in [-0.2, 0) is 0 Å². The summed E-state index contributed by atoms with van der Waals surface area (Å²) >= 11 is 17.8. The van der Waals surface area contributed by atoms with E-state index in [0.29, 0.717) is 26.9 Å². The highest BCUT2D eigenvalue weighted by Gasteiger charge is 2.14. The van der Waals surface area contributed by atoms with Crippen molar-refractivity contribution in [3.05, 3.63) is 21.3 Å². The first kappa shape index (κ1) is 13.9. The van der Waals surface area contributed by atoms with Gasteiger partial charge >= 0.3 is 0 Å². The fourth-order valence-electron chi connectivity index (χ4n) is 1.46. The highest BCUT2D eigenvalue weighted by Crippen LogP contribution is 2.31. The number of hydrogen-bond donors (Lipinski definition) is 0. The van der Waals surface area contributed by atoms with Crippen molar-refractivity contribution in [2.45, 2.75) is 20.8 Å². The summed E-state index contributed by atoms with van der Waals surface area (Å²) in [5.74, 6) is 1.24. The van der Waals surface area contributed by atoms with Crippen molar-refractivity contribution in [3.8, 4) is 0 Å². The van der Waals surface area contributed by atoms with Crippen LogP contribution < -0.4 is 4.90 Å². The Morgan fingerprint density at radius 3 is 2.38 bits per heavy atom. The summed E-state index contributed by atoms with van der Waals surface area (Å²) in [6, 6.07) is 1.64. The van der Waals surface area contributed by atoms with Gasteiger partial charge in [-0.15, -0.1) is 0 Å². The van der Waals surface area contributed by atoms with Gasteiger partial charge in [-0.25, -0.2) is 4.98 Å². The Morgan fingerprint density at radius 1 is 1.25 bits per heavy atom. The lowest BCUT2D eigenvalue weighted by molar-refractivity contribution is 0.614. The van der Waals surface area contributed by atoms with Gasteiger partial charge < -0.3 is 4.90 Å². The molecule has 0 bridgehead atoms. The van der Waals surface area contributed by atoms with E-state index >= 15 is 0 Å². The van der Waals surface area contributed by atoms with Crippen molar-refractivity contribution in [1.29, 1.82) is 0 Å². The molecular weight excluding hydrogens is 266 g/mol. The Balaban J connectivity index is 3.05. The van der Waals surface area contributed by atoms with E-state index in [-0.39, 0.29) is 0 Å². The number of hydrogen-bond acceptors (Lipinski definition) is 2. The van der Waals surface area contributed by atoms with Crippen LogP contribution in [0.5, 0.6) is 0 Å². The predicted octanol–water partition coefficient (Wildman–Crippen LogP) is 4.52. The maximum Gasteiger partial charge on any atom is 0.150 e. The highest BCUT2D eigenvalue weighted by molar-refractivity contribution is 6.42. The van der Waals surface area contributed by atoms with E-state index in [1.165, 1.54) is 0 Å². The molecule has 0 aliphatic rings. The Bertz CT molecular complexity index is 366. The molecule has 0 aliphatic carbocycles. The first-order valence-electron chi connectivity index (χ1n) is 5.22. The molecule has 0 saturated carbocycles. The van der Waals surface area contributed by atoms with Crippen LogP contribution >= 0.6 is 34.8 Å². The molecule has 90 valence electrons. The van der Waals surface area contributed by atoms with E-state index in [9.17, 15) is 0 Å². The van der Waals surface area contributed by atoms with Crippen molar-refractivity contribution >= 4 is 40.6 Å². The second-order valence-corrected chi connectivity index (χ2v) is 5.17. The van der Waals surface area contributed by atoms with E-state index in [1.54, 1.807) is 6.07 Å². The third-order valence-corrected chi connectivity index (χ3v) is 3.09. The van der Waals surface area contributed by atoms with Gasteiger partial charge in [0.25, 0.3) is 0 Å². The van der Waals surface area contributed by atoms with Crippen molar-refractivity contribution in [2.75, 3.05) is 18.0 Å². The van der Waals surface area contributed by atoms with Gasteiger partial charge in [-0.2, -0.15) is 0 Å². The quantitative estimate of drug-likeness (QED) is 0.754. The molecule has 5 heteroatoms. The number of anilines is 1. The molecule has 1 aromatic rings. The Labute approximate surface area is 112 Å². The maximum absolute atomic E-state index is 6.11. The summed E-state index contributed by atoms with van der Waals surface area (Å²) in [6.07, 6.45) is 0. The number of halogens is 3. The molecule has 0 saturated heterocycles. The molecule has 0 fully saturated rings. The van der Waals surface area contributed by atoms with Gasteiger partial charge in [0.05, 0.1) is 10.0 Å². The summed E-state index contributed by atoms with van der Waals surface area (Å²) < 4.78 is 0. The van der Waals surface area contributed by atoms with Crippen LogP contribution in [0.3, 0.4) is 0 Å². The Morgan fingerprint density at radius 2 is 1.88 bits per heavy atom. The lowest BCUT2D eigenvalue weighted by atomic mass is 10.2. The summed E-state index contributed by atoms with van der Waals surface area (Å²) in [6.45, 7) is 8.08. The number of rotatable bonds is 4. The van der Waals surface area contributed by atoms with Crippen LogP contribution in [0.1, 0.15) is 20.8 Å². The predicted molar refractivity (Wildman–Crippen MR) is 72.0 cm³/mol. The summed E-state index contributed by atoms with van der Waals surface area (Å²) in [5.41, 5.74) is 0.